The van der Waals surface area contributed by atoms with E-state index in [0.717, 1.165) is 5.56 Å². The van der Waals surface area contributed by atoms with Crippen LogP contribution in [-0.2, 0) is 13.6 Å². The SMILES string of the molecule is Cn1cc(CNC(=O)c2cc(Cl)c(Cl)[nH]2)cn1. The molecule has 2 heterocycles. The van der Waals surface area contributed by atoms with Crippen LogP contribution in [0.25, 0.3) is 0 Å². The standard InChI is InChI=1S/C10H10Cl2N4O/c1-16-5-6(4-14-16)3-13-10(17)8-2-7(11)9(12)15-8/h2,4-5,15H,3H2,1H3,(H,13,17). The number of rotatable bonds is 3. The van der Waals surface area contributed by atoms with Crippen LogP contribution in [0.4, 0.5) is 0 Å². The Labute approximate surface area is 108 Å². The van der Waals surface area contributed by atoms with Gasteiger partial charge in [0.05, 0.1) is 11.2 Å². The first-order valence-corrected chi connectivity index (χ1v) is 5.61. The van der Waals surface area contributed by atoms with E-state index in [9.17, 15) is 4.79 Å². The number of aromatic amines is 1. The molecule has 2 rings (SSSR count). The summed E-state index contributed by atoms with van der Waals surface area (Å²) in [6, 6.07) is 1.49. The van der Waals surface area contributed by atoms with Gasteiger partial charge in [-0.05, 0) is 6.07 Å². The molecule has 1 amide bonds. The minimum Gasteiger partial charge on any atom is -0.347 e. The number of halogens is 2. The lowest BCUT2D eigenvalue weighted by atomic mass is 10.3. The fourth-order valence-corrected chi connectivity index (χ4v) is 1.68. The summed E-state index contributed by atoms with van der Waals surface area (Å²) >= 11 is 11.5. The fourth-order valence-electron chi connectivity index (χ4n) is 1.37. The lowest BCUT2D eigenvalue weighted by Crippen LogP contribution is -2.22. The zero-order valence-corrected chi connectivity index (χ0v) is 10.5. The van der Waals surface area contributed by atoms with Crippen molar-refractivity contribution < 1.29 is 4.79 Å². The molecule has 0 fully saturated rings. The summed E-state index contributed by atoms with van der Waals surface area (Å²) in [6.07, 6.45) is 3.52. The second kappa shape index (κ2) is 4.81. The van der Waals surface area contributed by atoms with Crippen LogP contribution in [0, 0.1) is 0 Å². The molecule has 0 aliphatic heterocycles. The molecule has 0 aliphatic carbocycles. The van der Waals surface area contributed by atoms with Gasteiger partial charge in [0.1, 0.15) is 10.8 Å². The Kier molecular flexibility index (Phi) is 3.40. The molecule has 0 atom stereocenters. The number of carbonyl (C=O) groups is 1. The van der Waals surface area contributed by atoms with Crippen molar-refractivity contribution in [3.63, 3.8) is 0 Å². The summed E-state index contributed by atoms with van der Waals surface area (Å²) in [7, 11) is 1.82. The molecule has 7 heteroatoms. The predicted octanol–water partition coefficient (Wildman–Crippen LogP) is 1.98. The van der Waals surface area contributed by atoms with Crippen LogP contribution in [0.5, 0.6) is 0 Å². The van der Waals surface area contributed by atoms with Gasteiger partial charge in [-0.2, -0.15) is 5.10 Å². The van der Waals surface area contributed by atoms with Crippen LogP contribution in [0.15, 0.2) is 18.5 Å². The summed E-state index contributed by atoms with van der Waals surface area (Å²) in [5.74, 6) is -0.261. The molecule has 2 aromatic rings. The van der Waals surface area contributed by atoms with E-state index in [2.05, 4.69) is 15.4 Å². The quantitative estimate of drug-likeness (QED) is 0.898. The highest BCUT2D eigenvalue weighted by Crippen LogP contribution is 2.21. The maximum atomic E-state index is 11.7. The zero-order chi connectivity index (χ0) is 12.4. The highest BCUT2D eigenvalue weighted by molar-refractivity contribution is 6.41. The number of aromatic nitrogens is 3. The number of hydrogen-bond acceptors (Lipinski definition) is 2. The maximum Gasteiger partial charge on any atom is 0.268 e. The summed E-state index contributed by atoms with van der Waals surface area (Å²) < 4.78 is 1.67. The number of carbonyl (C=O) groups excluding carboxylic acids is 1. The third-order valence-electron chi connectivity index (χ3n) is 2.18. The average Bonchev–Trinajstić information content (AvgIpc) is 2.83. The second-order valence-corrected chi connectivity index (χ2v) is 4.34. The molecule has 5 nitrogen and oxygen atoms in total. The first-order chi connectivity index (χ1) is 8.06. The van der Waals surface area contributed by atoms with Crippen LogP contribution in [-0.4, -0.2) is 20.7 Å². The van der Waals surface area contributed by atoms with Crippen molar-refractivity contribution in [3.05, 3.63) is 39.9 Å². The molecule has 0 aromatic carbocycles. The molecule has 0 saturated heterocycles. The zero-order valence-electron chi connectivity index (χ0n) is 9.00. The van der Waals surface area contributed by atoms with E-state index in [4.69, 9.17) is 23.2 Å². The average molecular weight is 273 g/mol. The Bertz CT molecular complexity index is 527. The Hall–Kier alpha value is -1.46. The largest absolute Gasteiger partial charge is 0.347 e. The van der Waals surface area contributed by atoms with Gasteiger partial charge in [-0.15, -0.1) is 0 Å². The Balaban J connectivity index is 1.98. The highest BCUT2D eigenvalue weighted by atomic mass is 35.5. The molecule has 0 saturated carbocycles. The second-order valence-electron chi connectivity index (χ2n) is 3.55. The van der Waals surface area contributed by atoms with Crippen molar-refractivity contribution in [2.24, 2.45) is 7.05 Å². The lowest BCUT2D eigenvalue weighted by molar-refractivity contribution is 0.0946. The van der Waals surface area contributed by atoms with Crippen molar-refractivity contribution in [3.8, 4) is 0 Å². The highest BCUT2D eigenvalue weighted by Gasteiger charge is 2.11. The van der Waals surface area contributed by atoms with Crippen molar-refractivity contribution in [1.29, 1.82) is 0 Å². The molecular weight excluding hydrogens is 263 g/mol. The minimum absolute atomic E-state index is 0.261. The fraction of sp³-hybridized carbons (Fsp3) is 0.200. The van der Waals surface area contributed by atoms with Gasteiger partial charge in [0.25, 0.3) is 5.91 Å². The normalized spacial score (nSPS) is 10.5. The predicted molar refractivity (Wildman–Crippen MR) is 65.2 cm³/mol. The van der Waals surface area contributed by atoms with E-state index < -0.39 is 0 Å². The monoisotopic (exact) mass is 272 g/mol. The van der Waals surface area contributed by atoms with Gasteiger partial charge >= 0.3 is 0 Å². The van der Waals surface area contributed by atoms with Crippen LogP contribution in [0.1, 0.15) is 16.1 Å². The van der Waals surface area contributed by atoms with E-state index in [-0.39, 0.29) is 11.1 Å². The molecular formula is C10H10Cl2N4O. The van der Waals surface area contributed by atoms with Gasteiger partial charge in [0, 0.05) is 25.4 Å². The molecule has 0 unspecified atom stereocenters. The Morgan fingerprint density at radius 2 is 2.35 bits per heavy atom. The summed E-state index contributed by atoms with van der Waals surface area (Å²) in [5.41, 5.74) is 1.26. The molecule has 0 aliphatic rings. The molecule has 2 aromatic heterocycles. The molecule has 0 radical (unpaired) electrons. The van der Waals surface area contributed by atoms with E-state index in [1.807, 2.05) is 13.2 Å². The molecule has 0 bridgehead atoms. The van der Waals surface area contributed by atoms with Crippen molar-refractivity contribution in [2.75, 3.05) is 0 Å². The number of nitrogens with zero attached hydrogens (tertiary/aromatic N) is 2. The maximum absolute atomic E-state index is 11.7. The molecule has 17 heavy (non-hydrogen) atoms. The molecule has 90 valence electrons. The summed E-state index contributed by atoms with van der Waals surface area (Å²) in [4.78, 5) is 14.4. The van der Waals surface area contributed by atoms with Crippen LogP contribution >= 0.6 is 23.2 Å². The van der Waals surface area contributed by atoms with Gasteiger partial charge in [0.2, 0.25) is 0 Å². The van der Waals surface area contributed by atoms with Crippen LogP contribution in [0.2, 0.25) is 10.2 Å². The van der Waals surface area contributed by atoms with Gasteiger partial charge in [-0.25, -0.2) is 0 Å². The number of hydrogen-bond donors (Lipinski definition) is 2. The van der Waals surface area contributed by atoms with Crippen molar-refractivity contribution in [2.45, 2.75) is 6.54 Å². The number of H-pyrrole nitrogens is 1. The Morgan fingerprint density at radius 3 is 2.88 bits per heavy atom. The first kappa shape index (κ1) is 12.0. The summed E-state index contributed by atoms with van der Waals surface area (Å²) in [6.45, 7) is 0.404. The van der Waals surface area contributed by atoms with Gasteiger partial charge < -0.3 is 10.3 Å². The van der Waals surface area contributed by atoms with E-state index >= 15 is 0 Å². The van der Waals surface area contributed by atoms with E-state index in [1.54, 1.807) is 10.9 Å². The number of nitrogens with one attached hydrogen (secondary N) is 2. The molecule has 0 spiro atoms. The minimum atomic E-state index is -0.261. The summed E-state index contributed by atoms with van der Waals surface area (Å²) in [5, 5.41) is 7.32. The molecule has 2 N–H and O–H groups in total. The van der Waals surface area contributed by atoms with Crippen LogP contribution < -0.4 is 5.32 Å². The number of amides is 1. The van der Waals surface area contributed by atoms with E-state index in [0.29, 0.717) is 17.3 Å². The van der Waals surface area contributed by atoms with Crippen molar-refractivity contribution >= 4 is 29.1 Å². The van der Waals surface area contributed by atoms with Gasteiger partial charge in [-0.3, -0.25) is 9.48 Å². The van der Waals surface area contributed by atoms with Gasteiger partial charge in [0.15, 0.2) is 0 Å². The van der Waals surface area contributed by atoms with Crippen molar-refractivity contribution in [1.82, 2.24) is 20.1 Å². The third-order valence-corrected chi connectivity index (χ3v) is 2.87. The number of aryl methyl sites for hydroxylation is 1. The van der Waals surface area contributed by atoms with Crippen LogP contribution in [0.3, 0.4) is 0 Å². The first-order valence-electron chi connectivity index (χ1n) is 4.86. The third kappa shape index (κ3) is 2.81. The smallest absolute Gasteiger partial charge is 0.268 e. The van der Waals surface area contributed by atoms with Gasteiger partial charge in [-0.1, -0.05) is 23.2 Å². The Morgan fingerprint density at radius 1 is 1.59 bits per heavy atom. The van der Waals surface area contributed by atoms with E-state index in [1.165, 1.54) is 6.07 Å². The lowest BCUT2D eigenvalue weighted by Gasteiger charge is -2.00. The topological polar surface area (TPSA) is 62.7 Å².